The number of rotatable bonds is 0. The van der Waals surface area contributed by atoms with Crippen LogP contribution in [-0.4, -0.2) is 5.93 Å². The van der Waals surface area contributed by atoms with E-state index in [0.717, 1.165) is 0 Å². The fourth-order valence-corrected chi connectivity index (χ4v) is 0. The number of hydrogen-bond acceptors (Lipinski definition) is 0. The molecular weight excluding hydrogens is 356 g/mol. The zero-order valence-corrected chi connectivity index (χ0v) is 7.57. The molecule has 0 aromatic carbocycles. The van der Waals surface area contributed by atoms with E-state index < -0.39 is 0 Å². The largest absolute Gasteiger partial charge is 0 e. The Morgan fingerprint density at radius 1 is 1.75 bits per heavy atom. The Labute approximate surface area is 55.6 Å². The van der Waals surface area contributed by atoms with E-state index in [4.69, 9.17) is 0 Å². The van der Waals surface area contributed by atoms with Gasteiger partial charge < -0.3 is 0 Å². The van der Waals surface area contributed by atoms with Gasteiger partial charge in [-0.25, -0.2) is 0 Å². The minimum atomic E-state index is 0. The molecule has 0 aliphatic carbocycles. The Morgan fingerprint density at radius 3 is 1.75 bits per heavy atom. The predicted molar refractivity (Wildman–Crippen MR) is 8.54 cm³/mol. The van der Waals surface area contributed by atoms with Gasteiger partial charge in [0.25, 0.3) is 0 Å². The Bertz CT molecular complexity index is 8.00. The van der Waals surface area contributed by atoms with Crippen molar-refractivity contribution in [1.29, 1.82) is 0 Å². The van der Waals surface area contributed by atoms with Crippen LogP contribution < -0.4 is 0 Å². The molecule has 0 aromatic heterocycles. The van der Waals surface area contributed by atoms with Crippen LogP contribution in [0.15, 0.2) is 0 Å². The summed E-state index contributed by atoms with van der Waals surface area (Å²) in [4.78, 5) is 0. The van der Waals surface area contributed by atoms with Gasteiger partial charge in [-0.2, -0.15) is 0 Å². The molecule has 0 heterocycles. The van der Waals surface area contributed by atoms with E-state index in [1.54, 1.807) is 0 Å². The maximum absolute atomic E-state index is 2.23. The second kappa shape index (κ2) is 8.90. The van der Waals surface area contributed by atoms with Crippen LogP contribution in [0.4, 0.5) is 0 Å². The van der Waals surface area contributed by atoms with E-state index in [9.17, 15) is 0 Å². The van der Waals surface area contributed by atoms with Crippen LogP contribution in [-0.2, 0) is 50.3 Å². The van der Waals surface area contributed by atoms with Gasteiger partial charge in [0.1, 0.15) is 0 Å². The van der Waals surface area contributed by atoms with Gasteiger partial charge in [0.15, 0.2) is 0 Å². The van der Waals surface area contributed by atoms with E-state index in [-0.39, 0.29) is 17.4 Å². The molecule has 0 rings (SSSR count). The first-order valence-electron chi connectivity index (χ1n) is 0.425. The van der Waals surface area contributed by atoms with Gasteiger partial charge in [0, 0.05) is 17.4 Å². The van der Waals surface area contributed by atoms with Crippen molar-refractivity contribution < 1.29 is 50.3 Å². The van der Waals surface area contributed by atoms with Gasteiger partial charge in [-0.1, -0.05) is 0 Å². The second-order valence-corrected chi connectivity index (χ2v) is 5.96. The van der Waals surface area contributed by atoms with Crippen LogP contribution in [0.1, 0.15) is 0 Å². The SMILES string of the molecule is [BH2][Au][Mo].[Cr]. The Balaban J connectivity index is 0. The Kier molecular flexibility index (Phi) is 20.9. The van der Waals surface area contributed by atoms with Crippen LogP contribution in [0.25, 0.3) is 0 Å². The third-order valence-electron chi connectivity index (χ3n) is 0. The summed E-state index contributed by atoms with van der Waals surface area (Å²) >= 11 is 2.84. The average Bonchev–Trinajstić information content (AvgIpc) is 0.918. The van der Waals surface area contributed by atoms with Gasteiger partial charge in [-0.15, -0.1) is 0 Å². The van der Waals surface area contributed by atoms with Gasteiger partial charge in [0.05, 0.1) is 0 Å². The van der Waals surface area contributed by atoms with E-state index >= 15 is 0 Å². The Hall–Kier alpha value is 2.03. The topological polar surface area (TPSA) is 0 Å². The summed E-state index contributed by atoms with van der Waals surface area (Å²) in [6.07, 6.45) is 0. The standard InChI is InChI=1S/Au.BH2.Cr.Mo/h;1H2;;/q-1;+1;;. The molecule has 0 radical (unpaired) electrons. The summed E-state index contributed by atoms with van der Waals surface area (Å²) in [5.41, 5.74) is 0. The van der Waals surface area contributed by atoms with Crippen LogP contribution in [0.5, 0.6) is 0 Å². The molecule has 4 heavy (non-hydrogen) atoms. The fourth-order valence-electron chi connectivity index (χ4n) is 0. The summed E-state index contributed by atoms with van der Waals surface area (Å²) in [5.74, 6) is 2.23. The van der Waals surface area contributed by atoms with Crippen molar-refractivity contribution in [2.24, 2.45) is 0 Å². The van der Waals surface area contributed by atoms with Crippen LogP contribution in [0, 0.1) is 0 Å². The summed E-state index contributed by atoms with van der Waals surface area (Å²) < 4.78 is 0. The molecule has 0 saturated heterocycles. The molecule has 0 spiro atoms. The first-order valence-corrected chi connectivity index (χ1v) is 8.43. The van der Waals surface area contributed by atoms with Crippen LogP contribution in [0.3, 0.4) is 0 Å². The first kappa shape index (κ1) is 9.39. The van der Waals surface area contributed by atoms with Gasteiger partial charge in [0.2, 0.25) is 0 Å². The third kappa shape index (κ3) is 8.98. The van der Waals surface area contributed by atoms with Gasteiger partial charge in [-0.05, 0) is 0 Å². The average molecular weight is 358 g/mol. The second-order valence-electron chi connectivity index (χ2n) is 0.123. The maximum atomic E-state index is 2.23. The molecule has 0 saturated carbocycles. The summed E-state index contributed by atoms with van der Waals surface area (Å²) in [7, 11) is 0. The molecule has 0 aliphatic rings. The zero-order valence-electron chi connectivity index (χ0n) is 2.12. The van der Waals surface area contributed by atoms with Crippen LogP contribution >= 0.6 is 0 Å². The van der Waals surface area contributed by atoms with E-state index in [1.807, 2.05) is 0 Å². The smallest absolute Gasteiger partial charge is 0 e. The minimum Gasteiger partial charge on any atom is 0 e. The molecule has 4 heteroatoms. The summed E-state index contributed by atoms with van der Waals surface area (Å²) in [6.45, 7) is 0. The normalized spacial score (nSPS) is 5.00. The molecule has 0 unspecified atom stereocenters. The zero-order chi connectivity index (χ0) is 2.71. The van der Waals surface area contributed by atoms with Crippen molar-refractivity contribution in [3.63, 3.8) is 0 Å². The third-order valence-corrected chi connectivity index (χ3v) is 0. The van der Waals surface area contributed by atoms with Gasteiger partial charge >= 0.3 is 38.9 Å². The van der Waals surface area contributed by atoms with Crippen molar-refractivity contribution in [2.45, 2.75) is 0 Å². The first-order chi connectivity index (χ1) is 1.41. The van der Waals surface area contributed by atoms with E-state index in [0.29, 0.717) is 16.4 Å². The number of hydrogen-bond donors (Lipinski definition) is 0. The predicted octanol–water partition coefficient (Wildman–Crippen LogP) is -0.924. The van der Waals surface area contributed by atoms with E-state index in [1.165, 1.54) is 0 Å². The molecule has 0 aliphatic heterocycles. The van der Waals surface area contributed by atoms with Crippen molar-refractivity contribution in [3.8, 4) is 0 Å². The van der Waals surface area contributed by atoms with Gasteiger partial charge in [-0.3, -0.25) is 0 Å². The molecule has 28 valence electrons. The van der Waals surface area contributed by atoms with Crippen LogP contribution in [0.2, 0.25) is 0 Å². The molecule has 0 bridgehead atoms. The molecule has 0 fully saturated rings. The molecule has 0 N–H and O–H groups in total. The molecular formula is H2AuBCrMo. The van der Waals surface area contributed by atoms with Crippen molar-refractivity contribution >= 4 is 5.93 Å². The minimum absolute atomic E-state index is 0. The van der Waals surface area contributed by atoms with Crippen molar-refractivity contribution in [3.05, 3.63) is 0 Å². The quantitative estimate of drug-likeness (QED) is 0.492. The van der Waals surface area contributed by atoms with E-state index in [2.05, 4.69) is 22.4 Å². The maximum Gasteiger partial charge on any atom is 0 e. The monoisotopic (exact) mass is 360 g/mol. The van der Waals surface area contributed by atoms with Crippen molar-refractivity contribution in [1.82, 2.24) is 0 Å². The molecule has 0 aromatic rings. The summed E-state index contributed by atoms with van der Waals surface area (Å²) in [5, 5.41) is 0. The fraction of sp³-hybridized carbons (Fsp3) is 0. The molecule has 0 atom stereocenters. The summed E-state index contributed by atoms with van der Waals surface area (Å²) in [6, 6.07) is 0. The molecule has 0 amide bonds. The van der Waals surface area contributed by atoms with Crippen molar-refractivity contribution in [2.75, 3.05) is 0 Å². The Morgan fingerprint density at radius 2 is 1.75 bits per heavy atom. The molecule has 0 nitrogen and oxygen atoms in total.